The lowest BCUT2D eigenvalue weighted by atomic mass is 10.1. The predicted molar refractivity (Wildman–Crippen MR) is 115 cm³/mol. The van der Waals surface area contributed by atoms with E-state index in [0.717, 1.165) is 15.8 Å². The van der Waals surface area contributed by atoms with E-state index in [1.807, 2.05) is 25.1 Å². The Morgan fingerprint density at radius 1 is 1.13 bits per heavy atom. The minimum Gasteiger partial charge on any atom is -0.468 e. The standard InChI is InChI=1S/C21H22N2O5S2/c1-4-30(26,27)16-8-6-15(7-9-16)12-19(24)22-21-23(13-20(25)28-3)17-10-5-14(2)11-18(17)29-21/h5-11H,4,12-13H2,1-3H3. The largest absolute Gasteiger partial charge is 0.468 e. The highest BCUT2D eigenvalue weighted by Crippen LogP contribution is 2.19. The van der Waals surface area contributed by atoms with E-state index in [0.29, 0.717) is 10.4 Å². The van der Waals surface area contributed by atoms with Gasteiger partial charge in [-0.15, -0.1) is 0 Å². The summed E-state index contributed by atoms with van der Waals surface area (Å²) in [5, 5.41) is 0. The van der Waals surface area contributed by atoms with Gasteiger partial charge in [0, 0.05) is 0 Å². The zero-order chi connectivity index (χ0) is 21.9. The molecule has 0 radical (unpaired) electrons. The summed E-state index contributed by atoms with van der Waals surface area (Å²) < 4.78 is 31.2. The highest BCUT2D eigenvalue weighted by Gasteiger charge is 2.14. The van der Waals surface area contributed by atoms with E-state index in [1.165, 1.54) is 30.6 Å². The van der Waals surface area contributed by atoms with E-state index in [9.17, 15) is 18.0 Å². The van der Waals surface area contributed by atoms with Crippen molar-refractivity contribution in [3.05, 3.63) is 58.4 Å². The second kappa shape index (κ2) is 8.93. The number of thiazole rings is 1. The van der Waals surface area contributed by atoms with Gasteiger partial charge in [0.2, 0.25) is 0 Å². The maximum absolute atomic E-state index is 12.6. The molecule has 0 spiro atoms. The molecule has 158 valence electrons. The highest BCUT2D eigenvalue weighted by atomic mass is 32.2. The third-order valence-corrected chi connectivity index (χ3v) is 7.38. The monoisotopic (exact) mass is 446 g/mol. The number of methoxy groups -OCH3 is 1. The van der Waals surface area contributed by atoms with Crippen LogP contribution in [0.25, 0.3) is 10.2 Å². The van der Waals surface area contributed by atoms with Gasteiger partial charge in [-0.05, 0) is 42.3 Å². The summed E-state index contributed by atoms with van der Waals surface area (Å²) >= 11 is 1.33. The molecule has 0 unspecified atom stereocenters. The molecular weight excluding hydrogens is 424 g/mol. The van der Waals surface area contributed by atoms with Crippen molar-refractivity contribution in [3.63, 3.8) is 0 Å². The van der Waals surface area contributed by atoms with Crippen LogP contribution in [0.3, 0.4) is 0 Å². The molecule has 1 aromatic heterocycles. The summed E-state index contributed by atoms with van der Waals surface area (Å²) in [6.45, 7) is 3.51. The summed E-state index contributed by atoms with van der Waals surface area (Å²) in [6.07, 6.45) is 0.0257. The summed E-state index contributed by atoms with van der Waals surface area (Å²) in [6, 6.07) is 12.0. The van der Waals surface area contributed by atoms with Gasteiger partial charge in [0.1, 0.15) is 6.54 Å². The number of ether oxygens (including phenoxy) is 1. The van der Waals surface area contributed by atoms with Gasteiger partial charge in [-0.1, -0.05) is 36.5 Å². The number of aryl methyl sites for hydroxylation is 1. The first-order valence-corrected chi connectivity index (χ1v) is 11.8. The number of esters is 1. The molecule has 0 saturated carbocycles. The second-order valence-corrected chi connectivity index (χ2v) is 10.0. The van der Waals surface area contributed by atoms with Gasteiger partial charge in [-0.3, -0.25) is 9.59 Å². The summed E-state index contributed by atoms with van der Waals surface area (Å²) in [5.74, 6) is -0.799. The maximum atomic E-state index is 12.6. The van der Waals surface area contributed by atoms with E-state index < -0.39 is 15.8 Å². The fourth-order valence-electron chi connectivity index (χ4n) is 2.91. The molecule has 3 aromatic rings. The first-order valence-electron chi connectivity index (χ1n) is 9.29. The van der Waals surface area contributed by atoms with Gasteiger partial charge < -0.3 is 9.30 Å². The molecule has 0 atom stereocenters. The molecule has 0 N–H and O–H groups in total. The number of sulfone groups is 1. The van der Waals surface area contributed by atoms with Gasteiger partial charge in [0.15, 0.2) is 14.6 Å². The smallest absolute Gasteiger partial charge is 0.325 e. The molecule has 7 nitrogen and oxygen atoms in total. The number of carbonyl (C=O) groups excluding carboxylic acids is 2. The molecule has 2 aromatic carbocycles. The van der Waals surface area contributed by atoms with Gasteiger partial charge in [0.25, 0.3) is 5.91 Å². The van der Waals surface area contributed by atoms with Crippen LogP contribution in [0.1, 0.15) is 18.1 Å². The van der Waals surface area contributed by atoms with E-state index in [1.54, 1.807) is 23.6 Å². The van der Waals surface area contributed by atoms with Crippen LogP contribution >= 0.6 is 11.3 Å². The average Bonchev–Trinajstić information content (AvgIpc) is 3.03. The lowest BCUT2D eigenvalue weighted by Gasteiger charge is -2.04. The van der Waals surface area contributed by atoms with Crippen LogP contribution in [0.5, 0.6) is 0 Å². The Labute approximate surface area is 178 Å². The van der Waals surface area contributed by atoms with Gasteiger partial charge >= 0.3 is 5.97 Å². The zero-order valence-corrected chi connectivity index (χ0v) is 18.5. The molecule has 3 rings (SSSR count). The molecule has 0 aliphatic carbocycles. The lowest BCUT2D eigenvalue weighted by Crippen LogP contribution is -2.22. The molecule has 1 amide bonds. The zero-order valence-electron chi connectivity index (χ0n) is 16.9. The molecule has 0 bridgehead atoms. The van der Waals surface area contributed by atoms with Gasteiger partial charge in [-0.25, -0.2) is 8.42 Å². The van der Waals surface area contributed by atoms with Crippen LogP contribution in [-0.2, 0) is 37.1 Å². The van der Waals surface area contributed by atoms with Crippen molar-refractivity contribution >= 4 is 43.3 Å². The number of hydrogen-bond donors (Lipinski definition) is 0. The first kappa shape index (κ1) is 21.9. The first-order chi connectivity index (χ1) is 14.2. The molecule has 0 aliphatic rings. The normalized spacial score (nSPS) is 12.3. The predicted octanol–water partition coefficient (Wildman–Crippen LogP) is 2.65. The topological polar surface area (TPSA) is 94.8 Å². The number of rotatable bonds is 6. The Kier molecular flexibility index (Phi) is 6.52. The number of hydrogen-bond acceptors (Lipinski definition) is 6. The Morgan fingerprint density at radius 3 is 2.47 bits per heavy atom. The Morgan fingerprint density at radius 2 is 1.83 bits per heavy atom. The van der Waals surface area contributed by atoms with Gasteiger partial charge in [-0.2, -0.15) is 4.99 Å². The van der Waals surface area contributed by atoms with Crippen LogP contribution in [0, 0.1) is 6.92 Å². The summed E-state index contributed by atoms with van der Waals surface area (Å²) in [5.41, 5.74) is 2.53. The summed E-state index contributed by atoms with van der Waals surface area (Å²) in [4.78, 5) is 29.3. The fraction of sp³-hybridized carbons (Fsp3) is 0.286. The number of aromatic nitrogens is 1. The molecule has 0 aliphatic heterocycles. The molecule has 0 fully saturated rings. The third-order valence-electron chi connectivity index (χ3n) is 4.59. The molecule has 0 saturated heterocycles. The van der Waals surface area contributed by atoms with E-state index in [-0.39, 0.29) is 29.5 Å². The van der Waals surface area contributed by atoms with Crippen molar-refractivity contribution in [2.45, 2.75) is 31.7 Å². The second-order valence-electron chi connectivity index (χ2n) is 6.75. The molecule has 9 heteroatoms. The quantitative estimate of drug-likeness (QED) is 0.543. The maximum Gasteiger partial charge on any atom is 0.325 e. The van der Waals surface area contributed by atoms with Crippen molar-refractivity contribution in [2.75, 3.05) is 12.9 Å². The van der Waals surface area contributed by atoms with Crippen LogP contribution in [0.15, 0.2) is 52.4 Å². The minimum atomic E-state index is -3.28. The van der Waals surface area contributed by atoms with Gasteiger partial charge in [0.05, 0.1) is 34.4 Å². The van der Waals surface area contributed by atoms with Crippen molar-refractivity contribution in [3.8, 4) is 0 Å². The highest BCUT2D eigenvalue weighted by molar-refractivity contribution is 7.91. The number of nitrogens with zero attached hydrogens (tertiary/aromatic N) is 2. The van der Waals surface area contributed by atoms with E-state index in [4.69, 9.17) is 4.74 Å². The molecular formula is C21H22N2O5S2. The third kappa shape index (κ3) is 4.85. The van der Waals surface area contributed by atoms with Crippen molar-refractivity contribution in [2.24, 2.45) is 4.99 Å². The van der Waals surface area contributed by atoms with Crippen LogP contribution < -0.4 is 4.80 Å². The van der Waals surface area contributed by atoms with Crippen LogP contribution in [-0.4, -0.2) is 37.7 Å². The van der Waals surface area contributed by atoms with Crippen molar-refractivity contribution in [1.82, 2.24) is 4.57 Å². The summed E-state index contributed by atoms with van der Waals surface area (Å²) in [7, 11) is -1.97. The number of fused-ring (bicyclic) bond motifs is 1. The van der Waals surface area contributed by atoms with Crippen LogP contribution in [0.2, 0.25) is 0 Å². The van der Waals surface area contributed by atoms with E-state index in [2.05, 4.69) is 4.99 Å². The Balaban J connectivity index is 1.93. The number of benzene rings is 2. The van der Waals surface area contributed by atoms with Crippen LogP contribution in [0.4, 0.5) is 0 Å². The SMILES string of the molecule is CCS(=O)(=O)c1ccc(CC(=O)N=c2sc3cc(C)ccc3n2CC(=O)OC)cc1. The minimum absolute atomic E-state index is 0.0201. The van der Waals surface area contributed by atoms with Crippen molar-refractivity contribution < 1.29 is 22.7 Å². The number of amides is 1. The molecule has 30 heavy (non-hydrogen) atoms. The lowest BCUT2D eigenvalue weighted by molar-refractivity contribution is -0.141. The Hall–Kier alpha value is -2.78. The van der Waals surface area contributed by atoms with Crippen molar-refractivity contribution in [1.29, 1.82) is 0 Å². The molecule has 1 heterocycles. The Bertz CT molecular complexity index is 1270. The number of carbonyl (C=O) groups is 2. The fourth-order valence-corrected chi connectivity index (χ4v) is 4.94. The van der Waals surface area contributed by atoms with E-state index >= 15 is 0 Å². The average molecular weight is 447 g/mol.